The molecule has 1 N–H and O–H groups in total. The first-order valence-corrected chi connectivity index (χ1v) is 7.94. The molecule has 24 heavy (non-hydrogen) atoms. The van der Waals surface area contributed by atoms with E-state index in [4.69, 9.17) is 0 Å². The average Bonchev–Trinajstić information content (AvgIpc) is 2.63. The minimum atomic E-state index is -0.254. The van der Waals surface area contributed by atoms with Crippen LogP contribution in [0.2, 0.25) is 0 Å². The zero-order chi connectivity index (χ0) is 16.4. The maximum Gasteiger partial charge on any atom is 0.135 e. The number of benzene rings is 2. The van der Waals surface area contributed by atoms with E-state index in [0.29, 0.717) is 5.82 Å². The van der Waals surface area contributed by atoms with Crippen LogP contribution in [0.5, 0.6) is 0 Å². The molecule has 0 amide bonds. The van der Waals surface area contributed by atoms with Gasteiger partial charge in [0.25, 0.3) is 0 Å². The summed E-state index contributed by atoms with van der Waals surface area (Å²) in [6.07, 6.45) is 2.57. The van der Waals surface area contributed by atoms with Crippen LogP contribution in [0.15, 0.2) is 60.9 Å². The Morgan fingerprint density at radius 1 is 0.958 bits per heavy atom. The predicted octanol–water partition coefficient (Wildman–Crippen LogP) is 3.92. The second-order valence-corrected chi connectivity index (χ2v) is 5.83. The van der Waals surface area contributed by atoms with Gasteiger partial charge in [0.2, 0.25) is 0 Å². The summed E-state index contributed by atoms with van der Waals surface area (Å²) in [5, 5.41) is 3.19. The molecular formula is C19H17FN4. The van der Waals surface area contributed by atoms with Gasteiger partial charge < -0.3 is 10.2 Å². The fourth-order valence-electron chi connectivity index (χ4n) is 2.96. The van der Waals surface area contributed by atoms with Crippen molar-refractivity contribution in [2.45, 2.75) is 13.0 Å². The van der Waals surface area contributed by atoms with Crippen molar-refractivity contribution in [3.63, 3.8) is 0 Å². The van der Waals surface area contributed by atoms with Gasteiger partial charge in [-0.25, -0.2) is 14.4 Å². The Morgan fingerprint density at radius 3 is 2.58 bits per heavy atom. The quantitative estimate of drug-likeness (QED) is 0.794. The Balaban J connectivity index is 1.54. The third-order valence-electron chi connectivity index (χ3n) is 4.22. The Labute approximate surface area is 140 Å². The number of nitrogens with one attached hydrogen (secondary N) is 1. The number of hydrogen-bond acceptors (Lipinski definition) is 4. The monoisotopic (exact) mass is 320 g/mol. The summed E-state index contributed by atoms with van der Waals surface area (Å²) in [6, 6.07) is 16.7. The fraction of sp³-hybridized carbons (Fsp3) is 0.158. The molecule has 0 unspecified atom stereocenters. The van der Waals surface area contributed by atoms with E-state index in [-0.39, 0.29) is 5.82 Å². The first kappa shape index (κ1) is 14.6. The Kier molecular flexibility index (Phi) is 3.83. The van der Waals surface area contributed by atoms with Crippen molar-refractivity contribution in [3.05, 3.63) is 77.9 Å². The first-order chi connectivity index (χ1) is 11.8. The number of halogens is 1. The number of nitrogens with zero attached hydrogens (tertiary/aromatic N) is 3. The highest BCUT2D eigenvalue weighted by molar-refractivity contribution is 5.59. The summed E-state index contributed by atoms with van der Waals surface area (Å²) in [5.74, 6) is 1.34. The lowest BCUT2D eigenvalue weighted by Gasteiger charge is -2.29. The number of anilines is 3. The molecule has 1 aliphatic rings. The maximum atomic E-state index is 13.0. The van der Waals surface area contributed by atoms with Crippen LogP contribution >= 0.6 is 0 Å². The van der Waals surface area contributed by atoms with Gasteiger partial charge in [-0.05, 0) is 41.8 Å². The third kappa shape index (κ3) is 3.06. The maximum absolute atomic E-state index is 13.0. The average molecular weight is 320 g/mol. The molecule has 1 aliphatic heterocycles. The summed E-state index contributed by atoms with van der Waals surface area (Å²) in [4.78, 5) is 10.9. The van der Waals surface area contributed by atoms with Crippen LogP contribution in [-0.4, -0.2) is 16.5 Å². The molecular weight excluding hydrogens is 303 g/mol. The Hall–Kier alpha value is -2.95. The Morgan fingerprint density at radius 2 is 1.75 bits per heavy atom. The van der Waals surface area contributed by atoms with E-state index in [0.717, 1.165) is 31.0 Å². The van der Waals surface area contributed by atoms with E-state index in [9.17, 15) is 4.39 Å². The van der Waals surface area contributed by atoms with Gasteiger partial charge in [-0.1, -0.05) is 24.3 Å². The molecule has 5 heteroatoms. The third-order valence-corrected chi connectivity index (χ3v) is 4.22. The van der Waals surface area contributed by atoms with Crippen LogP contribution in [0.25, 0.3) is 0 Å². The minimum absolute atomic E-state index is 0.254. The van der Waals surface area contributed by atoms with Crippen LogP contribution in [0.1, 0.15) is 11.1 Å². The van der Waals surface area contributed by atoms with Crippen molar-refractivity contribution in [2.24, 2.45) is 0 Å². The molecule has 0 bridgehead atoms. The fourth-order valence-corrected chi connectivity index (χ4v) is 2.96. The lowest BCUT2D eigenvalue weighted by molar-refractivity contribution is 0.628. The van der Waals surface area contributed by atoms with Gasteiger partial charge in [0.05, 0.1) is 0 Å². The molecule has 3 aromatic rings. The highest BCUT2D eigenvalue weighted by Crippen LogP contribution is 2.24. The standard InChI is InChI=1S/C19H17FN4/c20-16-5-7-17(8-6-16)23-18-11-19(22-13-21-18)24-10-9-14-3-1-2-4-15(14)12-24/h1-8,11,13H,9-10,12H2,(H,21,22,23). The zero-order valence-corrected chi connectivity index (χ0v) is 13.1. The van der Waals surface area contributed by atoms with E-state index < -0.39 is 0 Å². The van der Waals surface area contributed by atoms with Gasteiger partial charge in [-0.15, -0.1) is 0 Å². The van der Waals surface area contributed by atoms with E-state index in [1.165, 1.54) is 23.3 Å². The number of fused-ring (bicyclic) bond motifs is 1. The van der Waals surface area contributed by atoms with Gasteiger partial charge in [0, 0.05) is 24.8 Å². The molecule has 4 nitrogen and oxygen atoms in total. The van der Waals surface area contributed by atoms with Crippen LogP contribution in [0.3, 0.4) is 0 Å². The molecule has 0 saturated carbocycles. The zero-order valence-electron chi connectivity index (χ0n) is 13.1. The van der Waals surface area contributed by atoms with Crippen molar-refractivity contribution < 1.29 is 4.39 Å². The van der Waals surface area contributed by atoms with E-state index >= 15 is 0 Å². The van der Waals surface area contributed by atoms with Crippen LogP contribution in [-0.2, 0) is 13.0 Å². The molecule has 0 spiro atoms. The molecule has 120 valence electrons. The lowest BCUT2D eigenvalue weighted by Crippen LogP contribution is -2.31. The molecule has 0 fully saturated rings. The largest absolute Gasteiger partial charge is 0.352 e. The number of hydrogen-bond donors (Lipinski definition) is 1. The summed E-state index contributed by atoms with van der Waals surface area (Å²) in [6.45, 7) is 1.78. The van der Waals surface area contributed by atoms with Crippen molar-refractivity contribution in [1.29, 1.82) is 0 Å². The summed E-state index contributed by atoms with van der Waals surface area (Å²) in [5.41, 5.74) is 3.55. The Bertz CT molecular complexity index is 848. The van der Waals surface area contributed by atoms with E-state index in [2.05, 4.69) is 44.5 Å². The molecule has 2 aromatic carbocycles. The lowest BCUT2D eigenvalue weighted by atomic mass is 10.00. The summed E-state index contributed by atoms with van der Waals surface area (Å²) < 4.78 is 13.0. The van der Waals surface area contributed by atoms with Crippen molar-refractivity contribution in [2.75, 3.05) is 16.8 Å². The highest BCUT2D eigenvalue weighted by Gasteiger charge is 2.17. The first-order valence-electron chi connectivity index (χ1n) is 7.94. The molecule has 0 saturated heterocycles. The van der Waals surface area contributed by atoms with Gasteiger partial charge in [-0.3, -0.25) is 0 Å². The summed E-state index contributed by atoms with van der Waals surface area (Å²) >= 11 is 0. The van der Waals surface area contributed by atoms with E-state index in [1.54, 1.807) is 18.5 Å². The van der Waals surface area contributed by atoms with Crippen LogP contribution in [0, 0.1) is 5.82 Å². The van der Waals surface area contributed by atoms with Crippen molar-refractivity contribution >= 4 is 17.3 Å². The molecule has 0 aliphatic carbocycles. The normalized spacial score (nSPS) is 13.5. The minimum Gasteiger partial charge on any atom is -0.352 e. The number of rotatable bonds is 3. The second-order valence-electron chi connectivity index (χ2n) is 5.83. The molecule has 0 radical (unpaired) electrons. The summed E-state index contributed by atoms with van der Waals surface area (Å²) in [7, 11) is 0. The van der Waals surface area contributed by atoms with E-state index in [1.807, 2.05) is 6.07 Å². The molecule has 4 rings (SSSR count). The smallest absolute Gasteiger partial charge is 0.135 e. The van der Waals surface area contributed by atoms with Crippen LogP contribution < -0.4 is 10.2 Å². The highest BCUT2D eigenvalue weighted by atomic mass is 19.1. The molecule has 1 aromatic heterocycles. The number of aromatic nitrogens is 2. The second kappa shape index (κ2) is 6.28. The molecule has 2 heterocycles. The SMILES string of the molecule is Fc1ccc(Nc2cc(N3CCc4ccccc4C3)ncn2)cc1. The van der Waals surface area contributed by atoms with Crippen LogP contribution in [0.4, 0.5) is 21.7 Å². The topological polar surface area (TPSA) is 41.0 Å². The van der Waals surface area contributed by atoms with Gasteiger partial charge in [0.1, 0.15) is 23.8 Å². The predicted molar refractivity (Wildman–Crippen MR) is 92.9 cm³/mol. The van der Waals surface area contributed by atoms with Gasteiger partial charge >= 0.3 is 0 Å². The van der Waals surface area contributed by atoms with Gasteiger partial charge in [0.15, 0.2) is 0 Å². The van der Waals surface area contributed by atoms with Crippen molar-refractivity contribution in [3.8, 4) is 0 Å². The van der Waals surface area contributed by atoms with Crippen molar-refractivity contribution in [1.82, 2.24) is 9.97 Å². The van der Waals surface area contributed by atoms with Gasteiger partial charge in [-0.2, -0.15) is 0 Å². The molecule has 0 atom stereocenters.